The van der Waals surface area contributed by atoms with Crippen LogP contribution in [0.5, 0.6) is 0 Å². The van der Waals surface area contributed by atoms with Crippen LogP contribution in [0.1, 0.15) is 213 Å². The minimum atomic E-state index is -0.820. The van der Waals surface area contributed by atoms with Crippen molar-refractivity contribution in [1.82, 2.24) is 0 Å². The Morgan fingerprint density at radius 1 is 0.333 bits per heavy atom. The van der Waals surface area contributed by atoms with Crippen molar-refractivity contribution in [3.8, 4) is 0 Å². The van der Waals surface area contributed by atoms with Crippen molar-refractivity contribution >= 4 is 17.9 Å². The normalized spacial score (nSPS) is 13.0. The quantitative estimate of drug-likeness (QED) is 0.0263. The van der Waals surface area contributed by atoms with E-state index in [1.807, 2.05) is 12.2 Å². The molecule has 0 fully saturated rings. The molecule has 0 spiro atoms. The lowest BCUT2D eigenvalue weighted by Crippen LogP contribution is -2.30. The van der Waals surface area contributed by atoms with Gasteiger partial charge in [0.15, 0.2) is 6.10 Å². The summed E-state index contributed by atoms with van der Waals surface area (Å²) >= 11 is 0. The SMILES string of the molecule is CC/C=C\C/C=C\C/C=C\C/C=C\C/C=C\C/C=C\CCC(=O)OCC(COC(=O)CCCCCCC/C=C\CCC)OC(=O)CCCCCCC/C=C\C/C=C\CCCCCC. The molecule has 63 heavy (non-hydrogen) atoms. The van der Waals surface area contributed by atoms with Crippen LogP contribution < -0.4 is 0 Å². The van der Waals surface area contributed by atoms with Crippen molar-refractivity contribution in [2.75, 3.05) is 13.2 Å². The minimum absolute atomic E-state index is 0.114. The molecular formula is C57H92O6. The molecule has 1 atom stereocenters. The van der Waals surface area contributed by atoms with E-state index >= 15 is 0 Å². The first kappa shape index (κ1) is 59.1. The smallest absolute Gasteiger partial charge is 0.306 e. The Balaban J connectivity index is 4.52. The van der Waals surface area contributed by atoms with E-state index in [0.717, 1.165) is 122 Å². The molecule has 0 saturated heterocycles. The van der Waals surface area contributed by atoms with Gasteiger partial charge in [-0.25, -0.2) is 0 Å². The van der Waals surface area contributed by atoms with Gasteiger partial charge in [-0.3, -0.25) is 14.4 Å². The summed E-state index contributed by atoms with van der Waals surface area (Å²) in [5.41, 5.74) is 0. The molecule has 0 aromatic rings. The summed E-state index contributed by atoms with van der Waals surface area (Å²) in [5, 5.41) is 0. The Morgan fingerprint density at radius 2 is 0.683 bits per heavy atom. The second-order valence-electron chi connectivity index (χ2n) is 16.3. The highest BCUT2D eigenvalue weighted by atomic mass is 16.6. The fourth-order valence-corrected chi connectivity index (χ4v) is 6.44. The molecule has 0 rings (SSSR count). The lowest BCUT2D eigenvalue weighted by atomic mass is 10.1. The van der Waals surface area contributed by atoms with E-state index in [9.17, 15) is 14.4 Å². The summed E-state index contributed by atoms with van der Waals surface area (Å²) < 4.78 is 16.7. The molecule has 6 nitrogen and oxygen atoms in total. The molecule has 0 aliphatic heterocycles. The van der Waals surface area contributed by atoms with Crippen molar-refractivity contribution in [2.45, 2.75) is 219 Å². The maximum Gasteiger partial charge on any atom is 0.306 e. The molecule has 0 bridgehead atoms. The number of hydrogen-bond donors (Lipinski definition) is 0. The van der Waals surface area contributed by atoms with Crippen LogP contribution in [0.15, 0.2) is 109 Å². The van der Waals surface area contributed by atoms with E-state index in [-0.39, 0.29) is 37.5 Å². The van der Waals surface area contributed by atoms with Crippen LogP contribution in [-0.4, -0.2) is 37.2 Å². The van der Waals surface area contributed by atoms with E-state index in [0.29, 0.717) is 19.3 Å². The van der Waals surface area contributed by atoms with Gasteiger partial charge in [-0.15, -0.1) is 0 Å². The highest BCUT2D eigenvalue weighted by Crippen LogP contribution is 2.12. The highest BCUT2D eigenvalue weighted by molar-refractivity contribution is 5.71. The molecular weight excluding hydrogens is 781 g/mol. The van der Waals surface area contributed by atoms with Crippen molar-refractivity contribution in [3.05, 3.63) is 109 Å². The van der Waals surface area contributed by atoms with Crippen molar-refractivity contribution in [1.29, 1.82) is 0 Å². The molecule has 0 saturated carbocycles. The maximum atomic E-state index is 12.8. The van der Waals surface area contributed by atoms with Gasteiger partial charge in [0, 0.05) is 19.3 Å². The van der Waals surface area contributed by atoms with Crippen molar-refractivity contribution in [3.63, 3.8) is 0 Å². The number of unbranched alkanes of at least 4 members (excludes halogenated alkanes) is 15. The summed E-state index contributed by atoms with van der Waals surface area (Å²) in [6.45, 7) is 6.34. The molecule has 0 heterocycles. The number of esters is 3. The van der Waals surface area contributed by atoms with Gasteiger partial charge in [0.1, 0.15) is 13.2 Å². The molecule has 0 radical (unpaired) electrons. The van der Waals surface area contributed by atoms with Gasteiger partial charge < -0.3 is 14.2 Å². The Morgan fingerprint density at radius 3 is 1.14 bits per heavy atom. The fourth-order valence-electron chi connectivity index (χ4n) is 6.44. The fraction of sp³-hybridized carbons (Fsp3) is 0.632. The Bertz CT molecular complexity index is 1330. The van der Waals surface area contributed by atoms with Gasteiger partial charge >= 0.3 is 17.9 Å². The minimum Gasteiger partial charge on any atom is -0.462 e. The Kier molecular flexibility index (Phi) is 47.5. The van der Waals surface area contributed by atoms with Crippen LogP contribution in [0, 0.1) is 0 Å². The maximum absolute atomic E-state index is 12.8. The average molecular weight is 873 g/mol. The summed E-state index contributed by atoms with van der Waals surface area (Å²) in [5.74, 6) is -1.03. The standard InChI is InChI=1S/C57H92O6/c1-4-7-10-13-16-19-22-24-26-28-29-30-32-33-35-38-41-44-47-50-56(59)62-53-54(52-61-55(58)49-46-43-40-37-21-18-15-12-9-6-3)63-57(60)51-48-45-42-39-36-34-31-27-25-23-20-17-14-11-8-5-2/h7,10,12,15-16,19-20,23-24,26-27,29-31,33,35,41,44,54H,4-6,8-9,11,13-14,17-18,21-22,25,28,32,34,36-40,42-43,45-53H2,1-3H3/b10-7-,15-12-,19-16-,23-20-,26-24-,30-29-,31-27-,35-33-,44-41-. The molecule has 0 aromatic carbocycles. The summed E-state index contributed by atoms with van der Waals surface area (Å²) in [6.07, 6.45) is 68.0. The number of allylic oxidation sites excluding steroid dienone is 18. The number of ether oxygens (including phenoxy) is 3. The molecule has 0 N–H and O–H groups in total. The van der Waals surface area contributed by atoms with Gasteiger partial charge in [0.05, 0.1) is 0 Å². The molecule has 0 aliphatic rings. The highest BCUT2D eigenvalue weighted by Gasteiger charge is 2.19. The third-order valence-electron chi connectivity index (χ3n) is 10.2. The topological polar surface area (TPSA) is 78.9 Å². The van der Waals surface area contributed by atoms with E-state index in [2.05, 4.69) is 118 Å². The molecule has 0 amide bonds. The van der Waals surface area contributed by atoms with Crippen LogP contribution in [0.2, 0.25) is 0 Å². The molecule has 356 valence electrons. The third-order valence-corrected chi connectivity index (χ3v) is 10.2. The number of carbonyl (C=O) groups excluding carboxylic acids is 3. The van der Waals surface area contributed by atoms with Crippen molar-refractivity contribution in [2.24, 2.45) is 0 Å². The molecule has 1 unspecified atom stereocenters. The predicted octanol–water partition coefficient (Wildman–Crippen LogP) is 16.8. The van der Waals surface area contributed by atoms with Gasteiger partial charge in [-0.05, 0) is 109 Å². The lowest BCUT2D eigenvalue weighted by molar-refractivity contribution is -0.166. The zero-order valence-electron chi connectivity index (χ0n) is 40.5. The first-order valence-electron chi connectivity index (χ1n) is 25.4. The Hall–Kier alpha value is -3.93. The Labute approximate surface area is 387 Å². The number of carbonyl (C=O) groups is 3. The first-order chi connectivity index (χ1) is 31.0. The molecule has 0 aromatic heterocycles. The van der Waals surface area contributed by atoms with E-state index < -0.39 is 6.10 Å². The van der Waals surface area contributed by atoms with Crippen LogP contribution in [0.4, 0.5) is 0 Å². The van der Waals surface area contributed by atoms with Gasteiger partial charge in [0.25, 0.3) is 0 Å². The molecule has 0 aliphatic carbocycles. The van der Waals surface area contributed by atoms with Gasteiger partial charge in [0.2, 0.25) is 0 Å². The molecule has 6 heteroatoms. The summed E-state index contributed by atoms with van der Waals surface area (Å²) in [7, 11) is 0. The number of rotatable bonds is 44. The van der Waals surface area contributed by atoms with Crippen LogP contribution in [0.3, 0.4) is 0 Å². The van der Waals surface area contributed by atoms with Gasteiger partial charge in [-0.1, -0.05) is 194 Å². The van der Waals surface area contributed by atoms with Crippen molar-refractivity contribution < 1.29 is 28.6 Å². The van der Waals surface area contributed by atoms with Crippen LogP contribution in [0.25, 0.3) is 0 Å². The zero-order valence-corrected chi connectivity index (χ0v) is 40.5. The average Bonchev–Trinajstić information content (AvgIpc) is 3.28. The van der Waals surface area contributed by atoms with Crippen LogP contribution >= 0.6 is 0 Å². The van der Waals surface area contributed by atoms with E-state index in [1.165, 1.54) is 44.9 Å². The lowest BCUT2D eigenvalue weighted by Gasteiger charge is -2.18. The summed E-state index contributed by atoms with van der Waals surface area (Å²) in [6, 6.07) is 0. The second kappa shape index (κ2) is 50.7. The monoisotopic (exact) mass is 873 g/mol. The zero-order chi connectivity index (χ0) is 45.8. The first-order valence-corrected chi connectivity index (χ1v) is 25.4. The third kappa shape index (κ3) is 49.0. The largest absolute Gasteiger partial charge is 0.462 e. The van der Waals surface area contributed by atoms with E-state index in [4.69, 9.17) is 14.2 Å². The van der Waals surface area contributed by atoms with Crippen LogP contribution in [-0.2, 0) is 28.6 Å². The van der Waals surface area contributed by atoms with E-state index in [1.54, 1.807) is 0 Å². The summed E-state index contributed by atoms with van der Waals surface area (Å²) in [4.78, 5) is 37.9. The number of hydrogen-bond acceptors (Lipinski definition) is 6. The second-order valence-corrected chi connectivity index (χ2v) is 16.3. The van der Waals surface area contributed by atoms with Gasteiger partial charge in [-0.2, -0.15) is 0 Å². The predicted molar refractivity (Wildman–Crippen MR) is 270 cm³/mol.